The predicted octanol–water partition coefficient (Wildman–Crippen LogP) is 2.27. The van der Waals surface area contributed by atoms with Crippen LogP contribution < -0.4 is 10.1 Å². The Kier molecular flexibility index (Phi) is 6.30. The van der Waals surface area contributed by atoms with Crippen LogP contribution >= 0.6 is 0 Å². The number of carbonyl (C=O) groups excluding carboxylic acids is 2. The van der Waals surface area contributed by atoms with E-state index in [2.05, 4.69) is 5.32 Å². The van der Waals surface area contributed by atoms with Crippen molar-refractivity contribution in [2.24, 2.45) is 0 Å². The molecule has 0 saturated carbocycles. The first-order valence-corrected chi connectivity index (χ1v) is 6.71. The molecule has 1 aromatic rings. The van der Waals surface area contributed by atoms with Gasteiger partial charge in [0, 0.05) is 18.6 Å². The zero-order chi connectivity index (χ0) is 16.7. The quantitative estimate of drug-likeness (QED) is 0.470. The topological polar surface area (TPSA) is 108 Å². The van der Waals surface area contributed by atoms with Crippen LogP contribution in [0.4, 0.5) is 11.4 Å². The Morgan fingerprint density at radius 1 is 1.41 bits per heavy atom. The molecule has 0 radical (unpaired) electrons. The van der Waals surface area contributed by atoms with Gasteiger partial charge >= 0.3 is 5.97 Å². The lowest BCUT2D eigenvalue weighted by Gasteiger charge is -2.15. The van der Waals surface area contributed by atoms with Gasteiger partial charge in [-0.25, -0.2) is 0 Å². The van der Waals surface area contributed by atoms with E-state index in [-0.39, 0.29) is 23.5 Å². The highest BCUT2D eigenvalue weighted by atomic mass is 16.6. The Morgan fingerprint density at radius 2 is 2.09 bits per heavy atom. The van der Waals surface area contributed by atoms with E-state index in [0.717, 1.165) is 0 Å². The van der Waals surface area contributed by atoms with Crippen LogP contribution in [0.2, 0.25) is 0 Å². The van der Waals surface area contributed by atoms with Gasteiger partial charge in [-0.05, 0) is 19.4 Å². The van der Waals surface area contributed by atoms with E-state index in [0.29, 0.717) is 6.42 Å². The van der Waals surface area contributed by atoms with Crippen LogP contribution in [0.1, 0.15) is 26.7 Å². The number of carbonyl (C=O) groups is 2. The first-order chi connectivity index (χ1) is 10.4. The lowest BCUT2D eigenvalue weighted by Crippen LogP contribution is -2.30. The van der Waals surface area contributed by atoms with Crippen LogP contribution in [0, 0.1) is 10.1 Å². The smallest absolute Gasteiger partial charge is 0.306 e. The number of nitrogens with one attached hydrogen (secondary N) is 1. The first kappa shape index (κ1) is 17.4. The molecule has 1 amide bonds. The number of hydrogen-bond acceptors (Lipinski definition) is 6. The van der Waals surface area contributed by atoms with Crippen molar-refractivity contribution in [2.45, 2.75) is 32.8 Å². The number of amides is 1. The molecule has 1 atom stereocenters. The predicted molar refractivity (Wildman–Crippen MR) is 78.7 cm³/mol. The third-order valence-electron chi connectivity index (χ3n) is 2.78. The van der Waals surface area contributed by atoms with Gasteiger partial charge in [-0.15, -0.1) is 0 Å². The van der Waals surface area contributed by atoms with Crippen molar-refractivity contribution in [3.05, 3.63) is 28.3 Å². The molecule has 0 aliphatic rings. The monoisotopic (exact) mass is 310 g/mol. The van der Waals surface area contributed by atoms with Gasteiger partial charge in [0.1, 0.15) is 5.75 Å². The third kappa shape index (κ3) is 4.72. The largest absolute Gasteiger partial charge is 0.495 e. The van der Waals surface area contributed by atoms with E-state index in [4.69, 9.17) is 9.47 Å². The summed E-state index contributed by atoms with van der Waals surface area (Å²) in [6.07, 6.45) is -0.174. The number of rotatable bonds is 7. The molecule has 0 heterocycles. The maximum atomic E-state index is 12.0. The molecule has 0 bridgehead atoms. The lowest BCUT2D eigenvalue weighted by atomic mass is 10.2. The van der Waals surface area contributed by atoms with Crippen LogP contribution in [-0.2, 0) is 14.3 Å². The van der Waals surface area contributed by atoms with E-state index in [1.165, 1.54) is 32.2 Å². The standard InChI is InChI=1S/C14H18N2O6/c1-4-5-13(17)22-9(2)14(18)15-11-8-10(16(19)20)6-7-12(11)21-3/h6-9H,4-5H2,1-3H3,(H,15,18)/t9-/m0/s1. The average Bonchev–Trinajstić information content (AvgIpc) is 2.47. The second kappa shape index (κ2) is 7.96. The fourth-order valence-electron chi connectivity index (χ4n) is 1.66. The molecule has 1 rings (SSSR count). The van der Waals surface area contributed by atoms with Crippen molar-refractivity contribution in [3.8, 4) is 5.75 Å². The molecule has 8 heteroatoms. The first-order valence-electron chi connectivity index (χ1n) is 6.71. The number of anilines is 1. The normalized spacial score (nSPS) is 11.4. The highest BCUT2D eigenvalue weighted by Gasteiger charge is 2.20. The number of ether oxygens (including phenoxy) is 2. The molecule has 0 saturated heterocycles. The molecule has 0 aliphatic heterocycles. The SMILES string of the molecule is CCCC(=O)O[C@@H](C)C(=O)Nc1cc([N+](=O)[O-])ccc1OC. The molecule has 1 N–H and O–H groups in total. The summed E-state index contributed by atoms with van der Waals surface area (Å²) in [4.78, 5) is 33.5. The van der Waals surface area contributed by atoms with Crippen LogP contribution in [-0.4, -0.2) is 30.0 Å². The van der Waals surface area contributed by atoms with Gasteiger partial charge in [-0.2, -0.15) is 0 Å². The summed E-state index contributed by atoms with van der Waals surface area (Å²) in [5, 5.41) is 13.2. The van der Waals surface area contributed by atoms with Gasteiger partial charge in [0.15, 0.2) is 6.10 Å². The molecule has 0 spiro atoms. The van der Waals surface area contributed by atoms with Crippen molar-refractivity contribution >= 4 is 23.3 Å². The summed E-state index contributed by atoms with van der Waals surface area (Å²) < 4.78 is 9.99. The van der Waals surface area contributed by atoms with Gasteiger partial charge < -0.3 is 14.8 Å². The number of methoxy groups -OCH3 is 1. The average molecular weight is 310 g/mol. The van der Waals surface area contributed by atoms with Crippen LogP contribution in [0.25, 0.3) is 0 Å². The van der Waals surface area contributed by atoms with Crippen molar-refractivity contribution in [2.75, 3.05) is 12.4 Å². The number of nitro groups is 1. The maximum Gasteiger partial charge on any atom is 0.306 e. The van der Waals surface area contributed by atoms with Gasteiger partial charge in [0.05, 0.1) is 17.7 Å². The van der Waals surface area contributed by atoms with E-state index in [1.807, 2.05) is 6.92 Å². The minimum absolute atomic E-state index is 0.139. The summed E-state index contributed by atoms with van der Waals surface area (Å²) >= 11 is 0. The van der Waals surface area contributed by atoms with Crippen molar-refractivity contribution < 1.29 is 24.0 Å². The third-order valence-corrected chi connectivity index (χ3v) is 2.78. The Morgan fingerprint density at radius 3 is 2.64 bits per heavy atom. The van der Waals surface area contributed by atoms with Crippen molar-refractivity contribution in [1.82, 2.24) is 0 Å². The van der Waals surface area contributed by atoms with E-state index >= 15 is 0 Å². The van der Waals surface area contributed by atoms with Crippen molar-refractivity contribution in [3.63, 3.8) is 0 Å². The Balaban J connectivity index is 2.84. The molecule has 120 valence electrons. The highest BCUT2D eigenvalue weighted by Crippen LogP contribution is 2.29. The Bertz CT molecular complexity index is 572. The van der Waals surface area contributed by atoms with E-state index < -0.39 is 22.9 Å². The second-order valence-corrected chi connectivity index (χ2v) is 4.51. The maximum absolute atomic E-state index is 12.0. The summed E-state index contributed by atoms with van der Waals surface area (Å²) in [6, 6.07) is 3.82. The fraction of sp³-hybridized carbons (Fsp3) is 0.429. The van der Waals surface area contributed by atoms with Gasteiger partial charge in [0.2, 0.25) is 0 Å². The van der Waals surface area contributed by atoms with Gasteiger partial charge in [-0.3, -0.25) is 19.7 Å². The van der Waals surface area contributed by atoms with Gasteiger partial charge in [-0.1, -0.05) is 6.92 Å². The lowest BCUT2D eigenvalue weighted by molar-refractivity contribution is -0.384. The Labute approximate surface area is 127 Å². The van der Waals surface area contributed by atoms with Crippen LogP contribution in [0.5, 0.6) is 5.75 Å². The highest BCUT2D eigenvalue weighted by molar-refractivity contribution is 5.96. The molecule has 0 unspecified atom stereocenters. The fourth-order valence-corrected chi connectivity index (χ4v) is 1.66. The molecule has 22 heavy (non-hydrogen) atoms. The number of esters is 1. The number of non-ortho nitro benzene ring substituents is 1. The van der Waals surface area contributed by atoms with Crippen molar-refractivity contribution in [1.29, 1.82) is 0 Å². The van der Waals surface area contributed by atoms with E-state index in [1.54, 1.807) is 0 Å². The van der Waals surface area contributed by atoms with E-state index in [9.17, 15) is 19.7 Å². The molecular weight excluding hydrogens is 292 g/mol. The van der Waals surface area contributed by atoms with Crippen LogP contribution in [0.3, 0.4) is 0 Å². The van der Waals surface area contributed by atoms with Gasteiger partial charge in [0.25, 0.3) is 11.6 Å². The number of nitro benzene ring substituents is 1. The minimum atomic E-state index is -1.01. The summed E-state index contributed by atoms with van der Waals surface area (Å²) in [5.74, 6) is -0.801. The summed E-state index contributed by atoms with van der Waals surface area (Å²) in [6.45, 7) is 3.24. The molecule has 0 aromatic heterocycles. The summed E-state index contributed by atoms with van der Waals surface area (Å²) in [5.41, 5.74) is -0.0492. The second-order valence-electron chi connectivity index (χ2n) is 4.51. The molecular formula is C14H18N2O6. The zero-order valence-corrected chi connectivity index (χ0v) is 12.6. The summed E-state index contributed by atoms with van der Waals surface area (Å²) in [7, 11) is 1.38. The molecule has 0 fully saturated rings. The van der Waals surface area contributed by atoms with Crippen LogP contribution in [0.15, 0.2) is 18.2 Å². The minimum Gasteiger partial charge on any atom is -0.495 e. The zero-order valence-electron chi connectivity index (χ0n) is 12.6. The molecule has 8 nitrogen and oxygen atoms in total. The number of benzene rings is 1. The number of nitrogens with zero attached hydrogens (tertiary/aromatic N) is 1. The molecule has 0 aliphatic carbocycles. The number of hydrogen-bond donors (Lipinski definition) is 1. The Hall–Kier alpha value is -2.64. The molecule has 1 aromatic carbocycles.